The molecule has 194 valence electrons. The number of carbonyl (C=O) groups excluding carboxylic acids is 2. The molecule has 1 saturated heterocycles. The van der Waals surface area contributed by atoms with Gasteiger partial charge in [-0.3, -0.25) is 9.59 Å². The second-order valence-corrected chi connectivity index (χ2v) is 9.93. The molecular weight excluding hydrogens is 499 g/mol. The van der Waals surface area contributed by atoms with Crippen LogP contribution >= 0.6 is 11.3 Å². The van der Waals surface area contributed by atoms with E-state index in [0.717, 1.165) is 17.8 Å². The fraction of sp³-hybridized carbons (Fsp3) is 0.321. The van der Waals surface area contributed by atoms with E-state index >= 15 is 0 Å². The SMILES string of the molecule is C=CCCC(=O)N1CCC(c2nc(C(=O)Nc3ccccc3-c3ccc(CC(F)(F)F)cc3)cs2)CC1. The molecule has 0 saturated carbocycles. The van der Waals surface area contributed by atoms with Gasteiger partial charge in [-0.15, -0.1) is 17.9 Å². The number of amides is 2. The lowest BCUT2D eigenvalue weighted by molar-refractivity contribution is -0.132. The third-order valence-electron chi connectivity index (χ3n) is 6.36. The summed E-state index contributed by atoms with van der Waals surface area (Å²) >= 11 is 1.44. The van der Waals surface area contributed by atoms with Crippen LogP contribution < -0.4 is 5.32 Å². The van der Waals surface area contributed by atoms with Crippen LogP contribution in [0.1, 0.15) is 52.7 Å². The number of benzene rings is 2. The molecule has 1 aliphatic heterocycles. The Bertz CT molecular complexity index is 1250. The Morgan fingerprint density at radius 3 is 2.49 bits per heavy atom. The predicted octanol–water partition coefficient (Wildman–Crippen LogP) is 6.84. The van der Waals surface area contributed by atoms with E-state index in [2.05, 4.69) is 16.9 Å². The van der Waals surface area contributed by atoms with Crippen molar-refractivity contribution in [2.75, 3.05) is 18.4 Å². The Morgan fingerprint density at radius 1 is 1.11 bits per heavy atom. The number of para-hydroxylation sites is 1. The summed E-state index contributed by atoms with van der Waals surface area (Å²) in [5, 5.41) is 5.52. The van der Waals surface area contributed by atoms with E-state index in [-0.39, 0.29) is 23.3 Å². The number of piperidine rings is 1. The summed E-state index contributed by atoms with van der Waals surface area (Å²) in [6.45, 7) is 5.02. The monoisotopic (exact) mass is 527 g/mol. The number of aromatic nitrogens is 1. The highest BCUT2D eigenvalue weighted by atomic mass is 32.1. The lowest BCUT2D eigenvalue weighted by Crippen LogP contribution is -2.37. The average Bonchev–Trinajstić information content (AvgIpc) is 3.38. The molecule has 0 spiro atoms. The van der Waals surface area contributed by atoms with E-state index in [0.29, 0.717) is 48.4 Å². The molecular formula is C28H28F3N3O2S. The predicted molar refractivity (Wildman–Crippen MR) is 140 cm³/mol. The van der Waals surface area contributed by atoms with Gasteiger partial charge in [-0.25, -0.2) is 4.98 Å². The highest BCUT2D eigenvalue weighted by Crippen LogP contribution is 2.32. The van der Waals surface area contributed by atoms with Gasteiger partial charge in [0.05, 0.1) is 11.4 Å². The number of hydrogen-bond donors (Lipinski definition) is 1. The van der Waals surface area contributed by atoms with Crippen LogP contribution in [0.25, 0.3) is 11.1 Å². The van der Waals surface area contributed by atoms with Crippen molar-refractivity contribution in [1.82, 2.24) is 9.88 Å². The minimum Gasteiger partial charge on any atom is -0.343 e. The molecule has 0 radical (unpaired) electrons. The minimum absolute atomic E-state index is 0.145. The van der Waals surface area contributed by atoms with Crippen LogP contribution in [0.4, 0.5) is 18.9 Å². The summed E-state index contributed by atoms with van der Waals surface area (Å²) in [7, 11) is 0. The van der Waals surface area contributed by atoms with E-state index in [1.165, 1.54) is 23.5 Å². The molecule has 2 amide bonds. The molecule has 2 heterocycles. The molecule has 0 aliphatic carbocycles. The van der Waals surface area contributed by atoms with Gasteiger partial charge in [0.15, 0.2) is 0 Å². The van der Waals surface area contributed by atoms with Crippen molar-refractivity contribution in [3.63, 3.8) is 0 Å². The molecule has 1 aliphatic rings. The van der Waals surface area contributed by atoms with Crippen LogP contribution in [0.2, 0.25) is 0 Å². The average molecular weight is 528 g/mol. The summed E-state index contributed by atoms with van der Waals surface area (Å²) in [5.41, 5.74) is 2.46. The molecule has 0 unspecified atom stereocenters. The number of nitrogens with one attached hydrogen (secondary N) is 1. The Balaban J connectivity index is 1.40. The van der Waals surface area contributed by atoms with Crippen molar-refractivity contribution in [2.24, 2.45) is 0 Å². The van der Waals surface area contributed by atoms with Crippen molar-refractivity contribution in [2.45, 2.75) is 44.2 Å². The topological polar surface area (TPSA) is 62.3 Å². The zero-order chi connectivity index (χ0) is 26.4. The number of rotatable bonds is 8. The van der Waals surface area contributed by atoms with E-state index < -0.39 is 12.6 Å². The van der Waals surface area contributed by atoms with Gasteiger partial charge >= 0.3 is 6.18 Å². The van der Waals surface area contributed by atoms with Crippen LogP contribution in [0.5, 0.6) is 0 Å². The highest BCUT2D eigenvalue weighted by molar-refractivity contribution is 7.10. The fourth-order valence-corrected chi connectivity index (χ4v) is 5.37. The van der Waals surface area contributed by atoms with Crippen molar-refractivity contribution >= 4 is 28.8 Å². The number of allylic oxidation sites excluding steroid dienone is 1. The van der Waals surface area contributed by atoms with Gasteiger partial charge in [-0.2, -0.15) is 13.2 Å². The quantitative estimate of drug-likeness (QED) is 0.326. The first-order valence-corrected chi connectivity index (χ1v) is 13.0. The van der Waals surface area contributed by atoms with E-state index in [9.17, 15) is 22.8 Å². The second kappa shape index (κ2) is 11.7. The lowest BCUT2D eigenvalue weighted by atomic mass is 9.97. The summed E-state index contributed by atoms with van der Waals surface area (Å²) < 4.78 is 38.0. The van der Waals surface area contributed by atoms with Crippen molar-refractivity contribution < 1.29 is 22.8 Å². The number of likely N-dealkylation sites (tertiary alicyclic amines) is 1. The summed E-state index contributed by atoms with van der Waals surface area (Å²) in [5.74, 6) is 0.00407. The van der Waals surface area contributed by atoms with Gasteiger partial charge in [0.2, 0.25) is 5.91 Å². The molecule has 2 aromatic carbocycles. The van der Waals surface area contributed by atoms with Gasteiger partial charge in [0.25, 0.3) is 5.91 Å². The van der Waals surface area contributed by atoms with Gasteiger partial charge in [-0.05, 0) is 36.5 Å². The van der Waals surface area contributed by atoms with Gasteiger partial charge in [0, 0.05) is 42.1 Å². The number of carbonyl (C=O) groups is 2. The largest absolute Gasteiger partial charge is 0.393 e. The normalized spacial score (nSPS) is 14.4. The second-order valence-electron chi connectivity index (χ2n) is 9.04. The Kier molecular flexibility index (Phi) is 8.43. The molecule has 9 heteroatoms. The van der Waals surface area contributed by atoms with Crippen LogP contribution in [0.15, 0.2) is 66.6 Å². The van der Waals surface area contributed by atoms with Crippen molar-refractivity contribution in [3.05, 3.63) is 82.8 Å². The molecule has 1 fully saturated rings. The standard InChI is InChI=1S/C28H28F3N3O2S/c1-2-3-8-25(35)34-15-13-21(14-16-34)27-33-24(18-37-27)26(36)32-23-7-5-4-6-22(23)20-11-9-19(10-12-20)17-28(29,30)31/h2,4-7,9-12,18,21H,1,3,8,13-17H2,(H,32,36). The maximum atomic E-state index is 13.0. The number of alkyl halides is 3. The Hall–Kier alpha value is -3.46. The van der Waals surface area contributed by atoms with E-state index in [1.807, 2.05) is 17.0 Å². The molecule has 5 nitrogen and oxygen atoms in total. The maximum Gasteiger partial charge on any atom is 0.393 e. The Labute approximate surface area is 218 Å². The van der Waals surface area contributed by atoms with E-state index in [1.54, 1.807) is 35.7 Å². The van der Waals surface area contributed by atoms with Gasteiger partial charge in [0.1, 0.15) is 5.69 Å². The van der Waals surface area contributed by atoms with Gasteiger partial charge < -0.3 is 10.2 Å². The van der Waals surface area contributed by atoms with Crippen LogP contribution in [-0.2, 0) is 11.2 Å². The number of hydrogen-bond acceptors (Lipinski definition) is 4. The highest BCUT2D eigenvalue weighted by Gasteiger charge is 2.28. The van der Waals surface area contributed by atoms with Crippen LogP contribution in [0, 0.1) is 0 Å². The first kappa shape index (κ1) is 26.6. The molecule has 0 atom stereocenters. The summed E-state index contributed by atoms with van der Waals surface area (Å²) in [6.07, 6.45) is -0.726. The van der Waals surface area contributed by atoms with Gasteiger partial charge in [-0.1, -0.05) is 48.5 Å². The zero-order valence-electron chi connectivity index (χ0n) is 20.3. The Morgan fingerprint density at radius 2 is 1.81 bits per heavy atom. The number of halogens is 3. The van der Waals surface area contributed by atoms with Crippen molar-refractivity contribution in [3.8, 4) is 11.1 Å². The molecule has 4 rings (SSSR count). The third-order valence-corrected chi connectivity index (χ3v) is 7.37. The zero-order valence-corrected chi connectivity index (χ0v) is 21.1. The molecule has 37 heavy (non-hydrogen) atoms. The number of anilines is 1. The summed E-state index contributed by atoms with van der Waals surface area (Å²) in [4.78, 5) is 31.7. The first-order chi connectivity index (χ1) is 17.7. The van der Waals surface area contributed by atoms with E-state index in [4.69, 9.17) is 0 Å². The first-order valence-electron chi connectivity index (χ1n) is 12.1. The van der Waals surface area contributed by atoms with Crippen LogP contribution in [0.3, 0.4) is 0 Å². The third kappa shape index (κ3) is 7.07. The van der Waals surface area contributed by atoms with Crippen molar-refractivity contribution in [1.29, 1.82) is 0 Å². The van der Waals surface area contributed by atoms with Crippen LogP contribution in [-0.4, -0.2) is 41.0 Å². The summed E-state index contributed by atoms with van der Waals surface area (Å²) in [6, 6.07) is 13.3. The lowest BCUT2D eigenvalue weighted by Gasteiger charge is -2.31. The minimum atomic E-state index is -4.26. The molecule has 3 aromatic rings. The smallest absolute Gasteiger partial charge is 0.343 e. The molecule has 1 N–H and O–H groups in total. The molecule has 1 aromatic heterocycles. The number of thiazole rings is 1. The number of nitrogens with zero attached hydrogens (tertiary/aromatic N) is 2. The fourth-order valence-electron chi connectivity index (χ4n) is 4.40. The maximum absolute atomic E-state index is 13.0. The molecule has 0 bridgehead atoms.